The standard InChI is InChI=1S/C15H13IO2/c1-11(17)15(16)12-6-5-9-14(10-12)18-13-7-3-2-4-8-13/h2-10,15H,1H3. The molecular formula is C15H13IO2. The van der Waals surface area contributed by atoms with Crippen molar-refractivity contribution in [3.63, 3.8) is 0 Å². The van der Waals surface area contributed by atoms with Crippen molar-refractivity contribution in [3.8, 4) is 11.5 Å². The number of alkyl halides is 1. The number of hydrogen-bond donors (Lipinski definition) is 0. The Balaban J connectivity index is 2.20. The average Bonchev–Trinajstić information content (AvgIpc) is 2.39. The van der Waals surface area contributed by atoms with Gasteiger partial charge in [0.15, 0.2) is 0 Å². The van der Waals surface area contributed by atoms with E-state index < -0.39 is 0 Å². The summed E-state index contributed by atoms with van der Waals surface area (Å²) in [5.74, 6) is 1.69. The Kier molecular flexibility index (Phi) is 4.36. The first kappa shape index (κ1) is 13.1. The van der Waals surface area contributed by atoms with Crippen LogP contribution in [0.25, 0.3) is 0 Å². The van der Waals surface area contributed by atoms with Gasteiger partial charge in [-0.1, -0.05) is 52.9 Å². The number of ketones is 1. The molecule has 0 aliphatic carbocycles. The minimum Gasteiger partial charge on any atom is -0.457 e. The van der Waals surface area contributed by atoms with Crippen molar-refractivity contribution in [3.05, 3.63) is 60.2 Å². The van der Waals surface area contributed by atoms with Crippen molar-refractivity contribution in [2.75, 3.05) is 0 Å². The van der Waals surface area contributed by atoms with E-state index in [-0.39, 0.29) is 9.71 Å². The number of para-hydroxylation sites is 1. The number of ether oxygens (including phenoxy) is 1. The number of halogens is 1. The van der Waals surface area contributed by atoms with Gasteiger partial charge in [-0.2, -0.15) is 0 Å². The summed E-state index contributed by atoms with van der Waals surface area (Å²) in [6.07, 6.45) is 0. The number of carbonyl (C=O) groups is 1. The molecule has 1 atom stereocenters. The van der Waals surface area contributed by atoms with Gasteiger partial charge in [0, 0.05) is 0 Å². The fraction of sp³-hybridized carbons (Fsp3) is 0.133. The maximum atomic E-state index is 11.4. The molecule has 0 spiro atoms. The Morgan fingerprint density at radius 3 is 2.39 bits per heavy atom. The van der Waals surface area contributed by atoms with E-state index in [4.69, 9.17) is 4.74 Å². The van der Waals surface area contributed by atoms with Crippen LogP contribution in [0.3, 0.4) is 0 Å². The SMILES string of the molecule is CC(=O)C(I)c1cccc(Oc2ccccc2)c1. The third-order valence-corrected chi connectivity index (χ3v) is 4.08. The molecular weight excluding hydrogens is 339 g/mol. The fourth-order valence-electron chi connectivity index (χ4n) is 1.60. The minimum absolute atomic E-state index is 0.123. The lowest BCUT2D eigenvalue weighted by Gasteiger charge is -2.10. The molecule has 2 nitrogen and oxygen atoms in total. The van der Waals surface area contributed by atoms with Gasteiger partial charge >= 0.3 is 0 Å². The Bertz CT molecular complexity index is 537. The van der Waals surface area contributed by atoms with Crippen LogP contribution >= 0.6 is 22.6 Å². The predicted octanol–water partition coefficient (Wildman–Crippen LogP) is 4.54. The average molecular weight is 352 g/mol. The molecule has 0 bridgehead atoms. The molecule has 2 aromatic rings. The molecule has 0 aromatic heterocycles. The van der Waals surface area contributed by atoms with E-state index in [9.17, 15) is 4.79 Å². The zero-order valence-corrected chi connectivity index (χ0v) is 12.1. The Hall–Kier alpha value is -1.36. The highest BCUT2D eigenvalue weighted by molar-refractivity contribution is 14.1. The molecule has 0 radical (unpaired) electrons. The molecule has 0 heterocycles. The minimum atomic E-state index is -0.123. The van der Waals surface area contributed by atoms with Crippen LogP contribution in [0.2, 0.25) is 0 Å². The topological polar surface area (TPSA) is 26.3 Å². The van der Waals surface area contributed by atoms with Gasteiger partial charge in [-0.25, -0.2) is 0 Å². The quantitative estimate of drug-likeness (QED) is 0.596. The number of carbonyl (C=O) groups excluding carboxylic acids is 1. The number of rotatable bonds is 4. The first-order chi connectivity index (χ1) is 8.66. The summed E-state index contributed by atoms with van der Waals surface area (Å²) in [7, 11) is 0. The molecule has 1 unspecified atom stereocenters. The summed E-state index contributed by atoms with van der Waals surface area (Å²) in [6.45, 7) is 1.60. The molecule has 0 saturated carbocycles. The summed E-state index contributed by atoms with van der Waals surface area (Å²) in [5, 5.41) is 0. The van der Waals surface area contributed by atoms with Crippen molar-refractivity contribution >= 4 is 28.4 Å². The van der Waals surface area contributed by atoms with Gasteiger partial charge in [0.1, 0.15) is 17.3 Å². The third-order valence-electron chi connectivity index (χ3n) is 2.49. The number of hydrogen-bond acceptors (Lipinski definition) is 2. The smallest absolute Gasteiger partial charge is 0.147 e. The van der Waals surface area contributed by atoms with Crippen LogP contribution < -0.4 is 4.74 Å². The lowest BCUT2D eigenvalue weighted by Crippen LogP contribution is -2.00. The molecule has 0 saturated heterocycles. The van der Waals surface area contributed by atoms with E-state index in [1.54, 1.807) is 6.92 Å². The Labute approximate surface area is 120 Å². The third kappa shape index (κ3) is 3.32. The number of Topliss-reactive ketones (excluding diaryl/α,β-unsaturated/α-hetero) is 1. The van der Waals surface area contributed by atoms with Gasteiger partial charge in [-0.3, -0.25) is 4.79 Å². The van der Waals surface area contributed by atoms with Gasteiger partial charge in [0.25, 0.3) is 0 Å². The zero-order valence-electron chi connectivity index (χ0n) is 9.97. The van der Waals surface area contributed by atoms with E-state index in [1.165, 1.54) is 0 Å². The van der Waals surface area contributed by atoms with E-state index in [1.807, 2.05) is 54.6 Å². The van der Waals surface area contributed by atoms with Gasteiger partial charge in [0.05, 0.1) is 3.92 Å². The van der Waals surface area contributed by atoms with Crippen LogP contribution in [0, 0.1) is 0 Å². The second-order valence-electron chi connectivity index (χ2n) is 3.96. The lowest BCUT2D eigenvalue weighted by atomic mass is 10.1. The Morgan fingerprint density at radius 1 is 1.06 bits per heavy atom. The second-order valence-corrected chi connectivity index (χ2v) is 5.21. The molecule has 2 rings (SSSR count). The Morgan fingerprint density at radius 2 is 1.72 bits per heavy atom. The second kappa shape index (κ2) is 6.00. The highest BCUT2D eigenvalue weighted by atomic mass is 127. The van der Waals surface area contributed by atoms with E-state index in [0.29, 0.717) is 0 Å². The maximum Gasteiger partial charge on any atom is 0.147 e. The van der Waals surface area contributed by atoms with E-state index in [2.05, 4.69) is 22.6 Å². The molecule has 3 heteroatoms. The van der Waals surface area contributed by atoms with E-state index in [0.717, 1.165) is 17.1 Å². The van der Waals surface area contributed by atoms with Gasteiger partial charge in [-0.05, 0) is 36.8 Å². The summed E-state index contributed by atoms with van der Waals surface area (Å²) in [4.78, 5) is 11.4. The largest absolute Gasteiger partial charge is 0.457 e. The molecule has 0 fully saturated rings. The monoisotopic (exact) mass is 352 g/mol. The summed E-state index contributed by atoms with van der Waals surface area (Å²) < 4.78 is 5.61. The van der Waals surface area contributed by atoms with Crippen LogP contribution in [-0.4, -0.2) is 5.78 Å². The number of benzene rings is 2. The first-order valence-corrected chi connectivity index (χ1v) is 6.89. The van der Waals surface area contributed by atoms with Crippen LogP contribution in [0.15, 0.2) is 54.6 Å². The van der Waals surface area contributed by atoms with Crippen molar-refractivity contribution in [2.45, 2.75) is 10.8 Å². The van der Waals surface area contributed by atoms with Crippen molar-refractivity contribution < 1.29 is 9.53 Å². The van der Waals surface area contributed by atoms with Gasteiger partial charge in [-0.15, -0.1) is 0 Å². The molecule has 0 aliphatic heterocycles. The zero-order chi connectivity index (χ0) is 13.0. The molecule has 0 N–H and O–H groups in total. The molecule has 0 amide bonds. The highest BCUT2D eigenvalue weighted by Gasteiger charge is 2.12. The van der Waals surface area contributed by atoms with Gasteiger partial charge < -0.3 is 4.74 Å². The van der Waals surface area contributed by atoms with Crippen LogP contribution in [0.4, 0.5) is 0 Å². The van der Waals surface area contributed by atoms with Gasteiger partial charge in [0.2, 0.25) is 0 Å². The highest BCUT2D eigenvalue weighted by Crippen LogP contribution is 2.29. The molecule has 2 aromatic carbocycles. The van der Waals surface area contributed by atoms with Crippen LogP contribution in [0.1, 0.15) is 16.4 Å². The van der Waals surface area contributed by atoms with E-state index >= 15 is 0 Å². The fourth-order valence-corrected chi connectivity index (χ4v) is 1.98. The predicted molar refractivity (Wildman–Crippen MR) is 80.4 cm³/mol. The normalized spacial score (nSPS) is 11.9. The molecule has 18 heavy (non-hydrogen) atoms. The molecule has 92 valence electrons. The van der Waals surface area contributed by atoms with Crippen molar-refractivity contribution in [1.29, 1.82) is 0 Å². The summed E-state index contributed by atoms with van der Waals surface area (Å²) in [5.41, 5.74) is 0.969. The molecule has 0 aliphatic rings. The maximum absolute atomic E-state index is 11.4. The van der Waals surface area contributed by atoms with Crippen molar-refractivity contribution in [1.82, 2.24) is 0 Å². The van der Waals surface area contributed by atoms with Crippen LogP contribution in [0.5, 0.6) is 11.5 Å². The lowest BCUT2D eigenvalue weighted by molar-refractivity contribution is -0.116. The van der Waals surface area contributed by atoms with Crippen molar-refractivity contribution in [2.24, 2.45) is 0 Å². The summed E-state index contributed by atoms with van der Waals surface area (Å²) in [6, 6.07) is 17.2. The van der Waals surface area contributed by atoms with Crippen LogP contribution in [-0.2, 0) is 4.79 Å². The first-order valence-electron chi connectivity index (χ1n) is 5.64. The summed E-state index contributed by atoms with van der Waals surface area (Å²) >= 11 is 2.14.